The largest absolute Gasteiger partial charge is 0.494 e. The van der Waals surface area contributed by atoms with Gasteiger partial charge in [0, 0.05) is 31.0 Å². The molecule has 160 valence electrons. The van der Waals surface area contributed by atoms with E-state index in [-0.39, 0.29) is 5.91 Å². The van der Waals surface area contributed by atoms with Gasteiger partial charge in [-0.2, -0.15) is 0 Å². The summed E-state index contributed by atoms with van der Waals surface area (Å²) in [5.41, 5.74) is 3.71. The SMILES string of the molecule is CCOc1ccc2nc(N(CCCn3ccnc3)C(=O)c3cc(C)cc(C)c3)sc2c1. The molecule has 2 aromatic heterocycles. The summed E-state index contributed by atoms with van der Waals surface area (Å²) in [4.78, 5) is 24.2. The Morgan fingerprint density at radius 3 is 2.68 bits per heavy atom. The van der Waals surface area contributed by atoms with Gasteiger partial charge in [-0.3, -0.25) is 9.69 Å². The zero-order valence-corrected chi connectivity index (χ0v) is 18.9. The van der Waals surface area contributed by atoms with Gasteiger partial charge in [0.1, 0.15) is 5.75 Å². The molecule has 7 heteroatoms. The van der Waals surface area contributed by atoms with Gasteiger partial charge in [0.25, 0.3) is 5.91 Å². The number of anilines is 1. The monoisotopic (exact) mass is 434 g/mol. The molecule has 0 spiro atoms. The van der Waals surface area contributed by atoms with Crippen molar-refractivity contribution in [3.05, 3.63) is 71.8 Å². The summed E-state index contributed by atoms with van der Waals surface area (Å²) in [6, 6.07) is 11.8. The second-order valence-corrected chi connectivity index (χ2v) is 8.56. The number of thiazole rings is 1. The van der Waals surface area contributed by atoms with Gasteiger partial charge in [0.2, 0.25) is 0 Å². The molecule has 4 aromatic rings. The molecule has 0 aliphatic heterocycles. The lowest BCUT2D eigenvalue weighted by Crippen LogP contribution is -2.32. The minimum Gasteiger partial charge on any atom is -0.494 e. The molecular weight excluding hydrogens is 408 g/mol. The van der Waals surface area contributed by atoms with Gasteiger partial charge in [-0.25, -0.2) is 9.97 Å². The van der Waals surface area contributed by atoms with Crippen molar-refractivity contribution < 1.29 is 9.53 Å². The van der Waals surface area contributed by atoms with Crippen LogP contribution in [0, 0.1) is 13.8 Å². The van der Waals surface area contributed by atoms with Crippen LogP contribution in [0.15, 0.2) is 55.1 Å². The fraction of sp³-hybridized carbons (Fsp3) is 0.292. The molecule has 0 saturated heterocycles. The van der Waals surface area contributed by atoms with Crippen molar-refractivity contribution in [1.29, 1.82) is 0 Å². The van der Waals surface area contributed by atoms with E-state index in [0.29, 0.717) is 23.8 Å². The maximum absolute atomic E-state index is 13.5. The van der Waals surface area contributed by atoms with E-state index in [9.17, 15) is 4.79 Å². The highest BCUT2D eigenvalue weighted by atomic mass is 32.1. The first-order valence-corrected chi connectivity index (χ1v) is 11.2. The number of benzene rings is 2. The van der Waals surface area contributed by atoms with E-state index >= 15 is 0 Å². The second-order valence-electron chi connectivity index (χ2n) is 7.55. The molecule has 4 rings (SSSR count). The Balaban J connectivity index is 1.65. The predicted molar refractivity (Wildman–Crippen MR) is 125 cm³/mol. The number of ether oxygens (including phenoxy) is 1. The smallest absolute Gasteiger partial charge is 0.260 e. The molecular formula is C24H26N4O2S. The zero-order chi connectivity index (χ0) is 21.8. The van der Waals surface area contributed by atoms with Crippen LogP contribution in [0.1, 0.15) is 34.8 Å². The molecule has 0 radical (unpaired) electrons. The first kappa shape index (κ1) is 21.1. The van der Waals surface area contributed by atoms with Gasteiger partial charge in [-0.1, -0.05) is 28.5 Å². The van der Waals surface area contributed by atoms with Crippen molar-refractivity contribution in [1.82, 2.24) is 14.5 Å². The topological polar surface area (TPSA) is 60.2 Å². The average Bonchev–Trinajstić information content (AvgIpc) is 3.39. The van der Waals surface area contributed by atoms with Crippen LogP contribution in [-0.4, -0.2) is 33.6 Å². The minimum atomic E-state index is -0.0264. The van der Waals surface area contributed by atoms with Crippen LogP contribution >= 0.6 is 11.3 Å². The van der Waals surface area contributed by atoms with Crippen molar-refractivity contribution >= 4 is 32.6 Å². The molecule has 0 atom stereocenters. The van der Waals surface area contributed by atoms with Gasteiger partial charge in [0.05, 0.1) is 23.2 Å². The lowest BCUT2D eigenvalue weighted by molar-refractivity contribution is 0.0986. The lowest BCUT2D eigenvalue weighted by Gasteiger charge is -2.20. The highest BCUT2D eigenvalue weighted by molar-refractivity contribution is 7.22. The summed E-state index contributed by atoms with van der Waals surface area (Å²) in [5.74, 6) is 0.791. The van der Waals surface area contributed by atoms with Gasteiger partial charge in [-0.15, -0.1) is 0 Å². The van der Waals surface area contributed by atoms with Gasteiger partial charge in [0.15, 0.2) is 5.13 Å². The predicted octanol–water partition coefficient (Wildman–Crippen LogP) is 5.25. The number of hydrogen-bond acceptors (Lipinski definition) is 5. The Morgan fingerprint density at radius 1 is 1.16 bits per heavy atom. The molecule has 1 amide bonds. The Hall–Kier alpha value is -3.19. The first-order valence-electron chi connectivity index (χ1n) is 10.4. The van der Waals surface area contributed by atoms with Crippen molar-refractivity contribution in [3.63, 3.8) is 0 Å². The molecule has 2 aromatic carbocycles. The van der Waals surface area contributed by atoms with E-state index in [4.69, 9.17) is 9.72 Å². The second kappa shape index (κ2) is 9.31. The summed E-state index contributed by atoms with van der Waals surface area (Å²) in [6.45, 7) is 7.97. The lowest BCUT2D eigenvalue weighted by atomic mass is 10.1. The normalized spacial score (nSPS) is 11.1. The van der Waals surface area contributed by atoms with Crippen LogP contribution in [0.3, 0.4) is 0 Å². The first-order chi connectivity index (χ1) is 15.0. The summed E-state index contributed by atoms with van der Waals surface area (Å²) >= 11 is 1.52. The molecule has 0 saturated carbocycles. The molecule has 0 aliphatic rings. The number of carbonyl (C=O) groups excluding carboxylic acids is 1. The van der Waals surface area contributed by atoms with E-state index in [1.807, 2.05) is 61.9 Å². The zero-order valence-electron chi connectivity index (χ0n) is 18.0. The van der Waals surface area contributed by atoms with Crippen molar-refractivity contribution in [2.75, 3.05) is 18.1 Å². The molecule has 6 nitrogen and oxygen atoms in total. The minimum absolute atomic E-state index is 0.0264. The van der Waals surface area contributed by atoms with Crippen molar-refractivity contribution in [2.45, 2.75) is 33.7 Å². The van der Waals surface area contributed by atoms with Crippen LogP contribution in [0.4, 0.5) is 5.13 Å². The standard InChI is InChI=1S/C24H26N4O2S/c1-4-30-20-6-7-21-22(15-20)31-24(26-21)28(10-5-9-27-11-8-25-16-27)23(29)19-13-17(2)12-18(3)14-19/h6-8,11-16H,4-5,9-10H2,1-3H3. The van der Waals surface area contributed by atoms with Crippen molar-refractivity contribution in [2.24, 2.45) is 0 Å². The number of amides is 1. The molecule has 0 bridgehead atoms. The Bertz CT molecular complexity index is 1160. The number of rotatable bonds is 8. The highest BCUT2D eigenvalue weighted by Gasteiger charge is 2.22. The Kier molecular flexibility index (Phi) is 6.32. The third kappa shape index (κ3) is 4.94. The van der Waals surface area contributed by atoms with Crippen LogP contribution in [-0.2, 0) is 6.54 Å². The highest BCUT2D eigenvalue weighted by Crippen LogP contribution is 2.32. The van der Waals surface area contributed by atoms with E-state index in [2.05, 4.69) is 11.1 Å². The number of nitrogens with zero attached hydrogens (tertiary/aromatic N) is 4. The number of carbonyl (C=O) groups is 1. The Labute approximate surface area is 186 Å². The quantitative estimate of drug-likeness (QED) is 0.380. The van der Waals surface area contributed by atoms with Crippen LogP contribution in [0.5, 0.6) is 5.75 Å². The van der Waals surface area contributed by atoms with E-state index in [0.717, 1.165) is 40.1 Å². The van der Waals surface area contributed by atoms with Gasteiger partial charge >= 0.3 is 0 Å². The number of hydrogen-bond donors (Lipinski definition) is 0. The summed E-state index contributed by atoms with van der Waals surface area (Å²) < 4.78 is 8.65. The van der Waals surface area contributed by atoms with E-state index in [1.54, 1.807) is 17.4 Å². The van der Waals surface area contributed by atoms with E-state index < -0.39 is 0 Å². The fourth-order valence-electron chi connectivity index (χ4n) is 3.63. The molecule has 0 fully saturated rings. The third-order valence-electron chi connectivity index (χ3n) is 4.96. The Morgan fingerprint density at radius 2 is 1.97 bits per heavy atom. The summed E-state index contributed by atoms with van der Waals surface area (Å²) in [7, 11) is 0. The van der Waals surface area contributed by atoms with Crippen LogP contribution in [0.25, 0.3) is 10.2 Å². The molecule has 31 heavy (non-hydrogen) atoms. The number of imidazole rings is 1. The van der Waals surface area contributed by atoms with E-state index in [1.165, 1.54) is 11.3 Å². The average molecular weight is 435 g/mol. The summed E-state index contributed by atoms with van der Waals surface area (Å²) in [6.07, 6.45) is 6.29. The van der Waals surface area contributed by atoms with Crippen molar-refractivity contribution in [3.8, 4) is 5.75 Å². The molecule has 0 aliphatic carbocycles. The van der Waals surface area contributed by atoms with Gasteiger partial charge < -0.3 is 9.30 Å². The molecule has 0 unspecified atom stereocenters. The summed E-state index contributed by atoms with van der Waals surface area (Å²) in [5, 5.41) is 0.707. The molecule has 2 heterocycles. The molecule has 0 N–H and O–H groups in total. The third-order valence-corrected chi connectivity index (χ3v) is 6.00. The van der Waals surface area contributed by atoms with Crippen LogP contribution < -0.4 is 9.64 Å². The number of aromatic nitrogens is 3. The fourth-order valence-corrected chi connectivity index (χ4v) is 4.65. The maximum atomic E-state index is 13.5. The number of aryl methyl sites for hydroxylation is 3. The maximum Gasteiger partial charge on any atom is 0.260 e. The van der Waals surface area contributed by atoms with Gasteiger partial charge in [-0.05, 0) is 57.5 Å². The van der Waals surface area contributed by atoms with Crippen LogP contribution in [0.2, 0.25) is 0 Å². The number of fused-ring (bicyclic) bond motifs is 1.